The zero-order valence-corrected chi connectivity index (χ0v) is 8.68. The minimum absolute atomic E-state index is 0.250. The Balaban J connectivity index is 2.47. The van der Waals surface area contributed by atoms with Crippen LogP contribution in [0.4, 0.5) is 0 Å². The molecule has 5 nitrogen and oxygen atoms in total. The Morgan fingerprint density at radius 3 is 2.93 bits per heavy atom. The van der Waals surface area contributed by atoms with Crippen molar-refractivity contribution < 1.29 is 0 Å². The van der Waals surface area contributed by atoms with Crippen LogP contribution in [0.2, 0.25) is 0 Å². The second kappa shape index (κ2) is 3.58. The summed E-state index contributed by atoms with van der Waals surface area (Å²) in [4.78, 5) is 4.23. The van der Waals surface area contributed by atoms with E-state index in [-0.39, 0.29) is 6.54 Å². The molecule has 0 N–H and O–H groups in total. The molecule has 0 radical (unpaired) electrons. The summed E-state index contributed by atoms with van der Waals surface area (Å²) >= 11 is 0. The second-order valence-electron chi connectivity index (χ2n) is 3.41. The third kappa shape index (κ3) is 1.74. The van der Waals surface area contributed by atoms with Crippen LogP contribution < -0.4 is 0 Å². The Bertz CT molecular complexity index is 514. The molecule has 0 amide bonds. The smallest absolute Gasteiger partial charge is 0.128 e. The summed E-state index contributed by atoms with van der Waals surface area (Å²) in [5.41, 5.74) is 2.62. The van der Waals surface area contributed by atoms with E-state index in [0.29, 0.717) is 0 Å². The van der Waals surface area contributed by atoms with Crippen LogP contribution in [0.5, 0.6) is 0 Å². The zero-order valence-electron chi connectivity index (χ0n) is 8.68. The Labute approximate surface area is 87.6 Å². The molecule has 0 spiro atoms. The SMILES string of the molecule is Cc1cc(-c2cn(C)cn2)n(CC#N)n1. The second-order valence-corrected chi connectivity index (χ2v) is 3.41. The fourth-order valence-corrected chi connectivity index (χ4v) is 1.48. The van der Waals surface area contributed by atoms with Crippen LogP contribution in [0.15, 0.2) is 18.6 Å². The summed E-state index contributed by atoms with van der Waals surface area (Å²) in [6.07, 6.45) is 3.64. The quantitative estimate of drug-likeness (QED) is 0.731. The third-order valence-corrected chi connectivity index (χ3v) is 2.09. The molecular weight excluding hydrogens is 190 g/mol. The van der Waals surface area contributed by atoms with E-state index in [1.165, 1.54) is 0 Å². The number of aromatic nitrogens is 4. The van der Waals surface area contributed by atoms with Crippen LogP contribution in [-0.2, 0) is 13.6 Å². The number of nitrogens with zero attached hydrogens (tertiary/aromatic N) is 5. The van der Waals surface area contributed by atoms with E-state index < -0.39 is 0 Å². The van der Waals surface area contributed by atoms with E-state index in [1.54, 1.807) is 11.0 Å². The lowest BCUT2D eigenvalue weighted by Gasteiger charge is -1.98. The van der Waals surface area contributed by atoms with Gasteiger partial charge in [0.05, 0.1) is 23.8 Å². The maximum absolute atomic E-state index is 8.67. The largest absolute Gasteiger partial charge is 0.340 e. The topological polar surface area (TPSA) is 59.4 Å². The molecule has 0 fully saturated rings. The molecule has 0 aliphatic carbocycles. The van der Waals surface area contributed by atoms with Crippen LogP contribution in [0.25, 0.3) is 11.4 Å². The molecule has 0 aliphatic rings. The van der Waals surface area contributed by atoms with E-state index in [0.717, 1.165) is 17.1 Å². The zero-order chi connectivity index (χ0) is 10.8. The van der Waals surface area contributed by atoms with Crippen molar-refractivity contribution in [3.63, 3.8) is 0 Å². The minimum atomic E-state index is 0.250. The fraction of sp³-hybridized carbons (Fsp3) is 0.300. The summed E-state index contributed by atoms with van der Waals surface area (Å²) < 4.78 is 3.53. The van der Waals surface area contributed by atoms with Gasteiger partial charge in [-0.15, -0.1) is 0 Å². The first kappa shape index (κ1) is 9.46. The average Bonchev–Trinajstić information content (AvgIpc) is 2.73. The fourth-order valence-electron chi connectivity index (χ4n) is 1.48. The molecule has 2 aromatic heterocycles. The third-order valence-electron chi connectivity index (χ3n) is 2.09. The number of imidazole rings is 1. The molecule has 76 valence electrons. The molecule has 0 saturated carbocycles. The number of hydrogen-bond donors (Lipinski definition) is 0. The van der Waals surface area contributed by atoms with Gasteiger partial charge in [0, 0.05) is 13.2 Å². The first-order valence-corrected chi connectivity index (χ1v) is 4.60. The van der Waals surface area contributed by atoms with Gasteiger partial charge in [0.15, 0.2) is 0 Å². The number of aryl methyl sites for hydroxylation is 2. The van der Waals surface area contributed by atoms with Gasteiger partial charge in [-0.1, -0.05) is 0 Å². The van der Waals surface area contributed by atoms with Gasteiger partial charge in [0.25, 0.3) is 0 Å². The Morgan fingerprint density at radius 1 is 1.53 bits per heavy atom. The Morgan fingerprint density at radius 2 is 2.33 bits per heavy atom. The lowest BCUT2D eigenvalue weighted by molar-refractivity contribution is 0.707. The molecule has 0 saturated heterocycles. The summed E-state index contributed by atoms with van der Waals surface area (Å²) in [6, 6.07) is 4.01. The average molecular weight is 201 g/mol. The van der Waals surface area contributed by atoms with Gasteiger partial charge in [-0.3, -0.25) is 0 Å². The highest BCUT2D eigenvalue weighted by Gasteiger charge is 2.09. The van der Waals surface area contributed by atoms with Crippen LogP contribution in [0, 0.1) is 18.3 Å². The molecule has 0 bridgehead atoms. The lowest BCUT2D eigenvalue weighted by Crippen LogP contribution is -2.00. The predicted octanol–water partition coefficient (Wildman–Crippen LogP) is 1.12. The summed E-state index contributed by atoms with van der Waals surface area (Å²) in [5.74, 6) is 0. The standard InChI is InChI=1S/C10H11N5/c1-8-5-10(15(13-8)4-3-11)9-6-14(2)7-12-9/h5-7H,4H2,1-2H3. The Hall–Kier alpha value is -2.09. The highest BCUT2D eigenvalue weighted by atomic mass is 15.3. The summed E-state index contributed by atoms with van der Waals surface area (Å²) in [5, 5.41) is 12.9. The van der Waals surface area contributed by atoms with E-state index >= 15 is 0 Å². The molecule has 0 aromatic carbocycles. The van der Waals surface area contributed by atoms with Crippen molar-refractivity contribution >= 4 is 0 Å². The highest BCUT2D eigenvalue weighted by molar-refractivity contribution is 5.54. The summed E-state index contributed by atoms with van der Waals surface area (Å²) in [7, 11) is 1.91. The van der Waals surface area contributed by atoms with Gasteiger partial charge >= 0.3 is 0 Å². The monoisotopic (exact) mass is 201 g/mol. The molecule has 0 atom stereocenters. The highest BCUT2D eigenvalue weighted by Crippen LogP contribution is 2.17. The normalized spacial score (nSPS) is 10.2. The minimum Gasteiger partial charge on any atom is -0.340 e. The maximum atomic E-state index is 8.67. The van der Waals surface area contributed by atoms with Gasteiger partial charge in [0.2, 0.25) is 0 Å². The van der Waals surface area contributed by atoms with Crippen molar-refractivity contribution in [3.8, 4) is 17.5 Å². The van der Waals surface area contributed by atoms with Gasteiger partial charge in [-0.2, -0.15) is 10.4 Å². The van der Waals surface area contributed by atoms with Crippen molar-refractivity contribution in [1.82, 2.24) is 19.3 Å². The van der Waals surface area contributed by atoms with Crippen molar-refractivity contribution in [2.45, 2.75) is 13.5 Å². The van der Waals surface area contributed by atoms with Crippen molar-refractivity contribution in [2.24, 2.45) is 7.05 Å². The van der Waals surface area contributed by atoms with E-state index in [2.05, 4.69) is 16.2 Å². The van der Waals surface area contributed by atoms with Crippen LogP contribution in [-0.4, -0.2) is 19.3 Å². The predicted molar refractivity (Wildman–Crippen MR) is 54.8 cm³/mol. The van der Waals surface area contributed by atoms with Gasteiger partial charge in [-0.25, -0.2) is 9.67 Å². The molecular formula is C10H11N5. The van der Waals surface area contributed by atoms with Crippen LogP contribution in [0.3, 0.4) is 0 Å². The number of nitriles is 1. The van der Waals surface area contributed by atoms with Gasteiger partial charge < -0.3 is 4.57 Å². The number of rotatable bonds is 2. The molecule has 15 heavy (non-hydrogen) atoms. The van der Waals surface area contributed by atoms with Crippen molar-refractivity contribution in [1.29, 1.82) is 5.26 Å². The molecule has 2 aromatic rings. The van der Waals surface area contributed by atoms with Crippen molar-refractivity contribution in [3.05, 3.63) is 24.3 Å². The van der Waals surface area contributed by atoms with Crippen LogP contribution >= 0.6 is 0 Å². The molecule has 5 heteroatoms. The molecule has 2 rings (SSSR count). The van der Waals surface area contributed by atoms with Gasteiger partial charge in [0.1, 0.15) is 12.2 Å². The lowest BCUT2D eigenvalue weighted by atomic mass is 10.3. The van der Waals surface area contributed by atoms with Gasteiger partial charge in [-0.05, 0) is 13.0 Å². The van der Waals surface area contributed by atoms with Crippen molar-refractivity contribution in [2.75, 3.05) is 0 Å². The molecule has 0 unspecified atom stereocenters. The van der Waals surface area contributed by atoms with E-state index in [1.807, 2.05) is 30.8 Å². The molecule has 0 aliphatic heterocycles. The van der Waals surface area contributed by atoms with E-state index in [4.69, 9.17) is 5.26 Å². The van der Waals surface area contributed by atoms with E-state index in [9.17, 15) is 0 Å². The Kier molecular flexibility index (Phi) is 2.26. The first-order valence-electron chi connectivity index (χ1n) is 4.60. The number of hydrogen-bond acceptors (Lipinski definition) is 3. The first-order chi connectivity index (χ1) is 7.20. The van der Waals surface area contributed by atoms with Crippen LogP contribution in [0.1, 0.15) is 5.69 Å². The maximum Gasteiger partial charge on any atom is 0.128 e. The molecule has 2 heterocycles. The summed E-state index contributed by atoms with van der Waals surface area (Å²) in [6.45, 7) is 2.15.